The van der Waals surface area contributed by atoms with Gasteiger partial charge < -0.3 is 4.90 Å². The van der Waals surface area contributed by atoms with Crippen LogP contribution < -0.4 is 4.90 Å². The number of fused-ring (bicyclic) bond motifs is 7. The van der Waals surface area contributed by atoms with Crippen molar-refractivity contribution >= 4 is 50.0 Å². The number of aliphatic imine (C=N–C) groups is 1. The molecule has 0 aromatic heterocycles. The topological polar surface area (TPSA) is 15.6 Å². The second-order valence-electron chi connectivity index (χ2n) is 16.3. The fourth-order valence-corrected chi connectivity index (χ4v) is 9.73. The summed E-state index contributed by atoms with van der Waals surface area (Å²) >= 11 is 0. The van der Waals surface area contributed by atoms with Crippen molar-refractivity contribution in [1.82, 2.24) is 0 Å². The summed E-state index contributed by atoms with van der Waals surface area (Å²) in [5, 5.41) is 5.13. The van der Waals surface area contributed by atoms with Crippen molar-refractivity contribution in [3.63, 3.8) is 0 Å². The maximum atomic E-state index is 5.04. The number of rotatable bonds is 7. The molecule has 2 nitrogen and oxygen atoms in total. The first kappa shape index (κ1) is 35.2. The first-order valence-electron chi connectivity index (χ1n) is 21.2. The molecule has 2 aliphatic rings. The lowest BCUT2D eigenvalue weighted by Gasteiger charge is -2.26. The third-order valence-electron chi connectivity index (χ3n) is 12.8. The number of hydrogen-bond donors (Lipinski definition) is 0. The van der Waals surface area contributed by atoms with E-state index in [1.165, 1.54) is 88.3 Å². The molecule has 0 saturated carbocycles. The standard InChI is InChI=1S/C59H40N2/c1-3-11-39(12-4-1)40-19-26-48(27-20-40)61(47-14-5-2-6-15-47)49-28-21-41(22-29-49)42-23-30-52-46(35-42)37-57-51-31-24-43(36-44(51)25-32-55(52)57)50-33-34-56(54-17-9-8-16-53(50)54)59-38-45-13-7-10-18-58(45)60-59/h1-36H,37-38H2. The summed E-state index contributed by atoms with van der Waals surface area (Å²) in [6, 6.07) is 79.7. The predicted octanol–water partition coefficient (Wildman–Crippen LogP) is 15.7. The fraction of sp³-hybridized carbons (Fsp3) is 0.0339. The minimum Gasteiger partial charge on any atom is -0.311 e. The van der Waals surface area contributed by atoms with Crippen LogP contribution in [-0.2, 0) is 12.8 Å². The Morgan fingerprint density at radius 1 is 0.328 bits per heavy atom. The molecule has 0 unspecified atom stereocenters. The minimum atomic E-state index is 0.871. The summed E-state index contributed by atoms with van der Waals surface area (Å²) in [6.07, 6.45) is 1.80. The van der Waals surface area contributed by atoms with Crippen molar-refractivity contribution < 1.29 is 0 Å². The number of anilines is 3. The lowest BCUT2D eigenvalue weighted by molar-refractivity contribution is 1.28. The van der Waals surface area contributed by atoms with Gasteiger partial charge in [-0.15, -0.1) is 0 Å². The van der Waals surface area contributed by atoms with Crippen LogP contribution in [0.15, 0.2) is 223 Å². The van der Waals surface area contributed by atoms with Crippen LogP contribution in [0, 0.1) is 0 Å². The SMILES string of the molecule is c1ccc(-c2ccc(N(c3ccccc3)c3ccc(-c4ccc5c(c4)Cc4c-5ccc5cc(-c6ccc(C7=Nc8ccccc8C7)c7ccccc67)ccc45)cc3)cc2)cc1. The zero-order valence-electron chi connectivity index (χ0n) is 33.6. The summed E-state index contributed by atoms with van der Waals surface area (Å²) in [5.74, 6) is 0. The van der Waals surface area contributed by atoms with E-state index in [1.807, 2.05) is 0 Å². The molecule has 0 radical (unpaired) electrons. The molecule has 12 rings (SSSR count). The van der Waals surface area contributed by atoms with E-state index in [0.717, 1.165) is 41.3 Å². The van der Waals surface area contributed by atoms with Gasteiger partial charge in [0.15, 0.2) is 0 Å². The molecule has 1 aliphatic heterocycles. The van der Waals surface area contributed by atoms with Gasteiger partial charge in [0.05, 0.1) is 11.4 Å². The van der Waals surface area contributed by atoms with Crippen molar-refractivity contribution in [2.45, 2.75) is 12.8 Å². The third-order valence-corrected chi connectivity index (χ3v) is 12.8. The summed E-state index contributed by atoms with van der Waals surface area (Å²) in [6.45, 7) is 0. The molecule has 0 amide bonds. The molecule has 0 N–H and O–H groups in total. The molecule has 0 bridgehead atoms. The molecule has 0 saturated heterocycles. The maximum absolute atomic E-state index is 5.04. The third kappa shape index (κ3) is 6.15. The van der Waals surface area contributed by atoms with Crippen molar-refractivity contribution in [3.8, 4) is 44.5 Å². The number of benzene rings is 10. The molecule has 1 heterocycles. The van der Waals surface area contributed by atoms with Gasteiger partial charge in [0.2, 0.25) is 0 Å². The molecule has 0 fully saturated rings. The number of para-hydroxylation sites is 2. The summed E-state index contributed by atoms with van der Waals surface area (Å²) in [5.41, 5.74) is 21.0. The predicted molar refractivity (Wildman–Crippen MR) is 257 cm³/mol. The highest BCUT2D eigenvalue weighted by atomic mass is 15.1. The van der Waals surface area contributed by atoms with Crippen LogP contribution >= 0.6 is 0 Å². The van der Waals surface area contributed by atoms with E-state index in [9.17, 15) is 0 Å². The summed E-state index contributed by atoms with van der Waals surface area (Å²) < 4.78 is 0. The largest absolute Gasteiger partial charge is 0.311 e. The van der Waals surface area contributed by atoms with E-state index in [0.29, 0.717) is 0 Å². The Kier molecular flexibility index (Phi) is 8.35. The Balaban J connectivity index is 0.828. The maximum Gasteiger partial charge on any atom is 0.0669 e. The molecule has 10 aromatic rings. The van der Waals surface area contributed by atoms with Gasteiger partial charge in [0, 0.05) is 29.0 Å². The van der Waals surface area contributed by atoms with Crippen LogP contribution in [0.25, 0.3) is 66.1 Å². The Labute approximate surface area is 356 Å². The lowest BCUT2D eigenvalue weighted by atomic mass is 9.90. The van der Waals surface area contributed by atoms with Crippen LogP contribution in [0.3, 0.4) is 0 Å². The number of nitrogens with zero attached hydrogens (tertiary/aromatic N) is 2. The van der Waals surface area contributed by atoms with Crippen molar-refractivity contribution in [3.05, 3.63) is 241 Å². The molecule has 2 heteroatoms. The monoisotopic (exact) mass is 776 g/mol. The van der Waals surface area contributed by atoms with Gasteiger partial charge in [-0.2, -0.15) is 0 Å². The van der Waals surface area contributed by atoms with Gasteiger partial charge in [-0.25, -0.2) is 0 Å². The van der Waals surface area contributed by atoms with Gasteiger partial charge in [0.25, 0.3) is 0 Å². The zero-order chi connectivity index (χ0) is 40.3. The summed E-state index contributed by atoms with van der Waals surface area (Å²) in [7, 11) is 0. The van der Waals surface area contributed by atoms with Crippen molar-refractivity contribution in [1.29, 1.82) is 0 Å². The molecular formula is C59H40N2. The van der Waals surface area contributed by atoms with Crippen molar-refractivity contribution in [2.24, 2.45) is 4.99 Å². The van der Waals surface area contributed by atoms with E-state index in [1.54, 1.807) is 0 Å². The van der Waals surface area contributed by atoms with Crippen LogP contribution in [0.1, 0.15) is 22.3 Å². The van der Waals surface area contributed by atoms with Crippen LogP contribution in [0.5, 0.6) is 0 Å². The second kappa shape index (κ2) is 14.5. The molecule has 0 atom stereocenters. The van der Waals surface area contributed by atoms with E-state index >= 15 is 0 Å². The van der Waals surface area contributed by atoms with Gasteiger partial charge in [0.1, 0.15) is 0 Å². The Morgan fingerprint density at radius 3 is 1.64 bits per heavy atom. The normalized spacial score (nSPS) is 12.6. The van der Waals surface area contributed by atoms with E-state index in [4.69, 9.17) is 4.99 Å². The van der Waals surface area contributed by atoms with Gasteiger partial charge in [-0.1, -0.05) is 170 Å². The quantitative estimate of drug-likeness (QED) is 0.157. The van der Waals surface area contributed by atoms with E-state index in [2.05, 4.69) is 223 Å². The van der Waals surface area contributed by atoms with Gasteiger partial charge in [-0.05, 0) is 138 Å². The molecule has 10 aromatic carbocycles. The molecule has 286 valence electrons. The minimum absolute atomic E-state index is 0.871. The van der Waals surface area contributed by atoms with Crippen molar-refractivity contribution in [2.75, 3.05) is 4.90 Å². The first-order valence-corrected chi connectivity index (χ1v) is 21.2. The van der Waals surface area contributed by atoms with Crippen LogP contribution in [0.4, 0.5) is 22.7 Å². The van der Waals surface area contributed by atoms with Crippen LogP contribution in [-0.4, -0.2) is 5.71 Å². The fourth-order valence-electron chi connectivity index (χ4n) is 9.73. The Morgan fingerprint density at radius 2 is 0.885 bits per heavy atom. The summed E-state index contributed by atoms with van der Waals surface area (Å²) in [4.78, 5) is 7.37. The highest BCUT2D eigenvalue weighted by Gasteiger charge is 2.23. The van der Waals surface area contributed by atoms with Crippen LogP contribution in [0.2, 0.25) is 0 Å². The van der Waals surface area contributed by atoms with E-state index in [-0.39, 0.29) is 0 Å². The molecular weight excluding hydrogens is 737 g/mol. The Bertz CT molecular complexity index is 3330. The average Bonchev–Trinajstić information content (AvgIpc) is 3.94. The smallest absolute Gasteiger partial charge is 0.0669 e. The zero-order valence-corrected chi connectivity index (χ0v) is 33.6. The lowest BCUT2D eigenvalue weighted by Crippen LogP contribution is -2.09. The Hall–Kier alpha value is -7.81. The van der Waals surface area contributed by atoms with Gasteiger partial charge in [-0.3, -0.25) is 4.99 Å². The molecule has 61 heavy (non-hydrogen) atoms. The first-order chi connectivity index (χ1) is 30.2. The molecule has 1 aliphatic carbocycles. The highest BCUT2D eigenvalue weighted by Crippen LogP contribution is 2.44. The number of hydrogen-bond acceptors (Lipinski definition) is 2. The second-order valence-corrected chi connectivity index (χ2v) is 16.3. The highest BCUT2D eigenvalue weighted by molar-refractivity contribution is 6.17. The average molecular weight is 777 g/mol. The van der Waals surface area contributed by atoms with E-state index < -0.39 is 0 Å². The van der Waals surface area contributed by atoms with Gasteiger partial charge >= 0.3 is 0 Å². The molecule has 0 spiro atoms.